The van der Waals surface area contributed by atoms with Crippen molar-refractivity contribution in [3.05, 3.63) is 72.9 Å². The van der Waals surface area contributed by atoms with Gasteiger partial charge in [0.1, 0.15) is 12.6 Å². The summed E-state index contributed by atoms with van der Waals surface area (Å²) in [6, 6.07) is 22.1. The number of aromatic nitrogens is 2. The Bertz CT molecular complexity index is 1150. The Morgan fingerprint density at radius 3 is 2.75 bits per heavy atom. The van der Waals surface area contributed by atoms with Gasteiger partial charge < -0.3 is 14.2 Å². The number of fused-ring (bicyclic) bond motifs is 2. The quantitative estimate of drug-likeness (QED) is 0.547. The number of likely N-dealkylation sites (tertiary alicyclic amines) is 1. The predicted octanol–water partition coefficient (Wildman–Crippen LogP) is 3.87. The molecule has 1 aliphatic rings. The largest absolute Gasteiger partial charge is 0.472 e. The van der Waals surface area contributed by atoms with Crippen molar-refractivity contribution in [2.75, 3.05) is 13.1 Å². The average molecular weight is 371 g/mol. The van der Waals surface area contributed by atoms with E-state index >= 15 is 0 Å². The lowest BCUT2D eigenvalue weighted by molar-refractivity contribution is -0.131. The molecule has 0 spiro atoms. The number of hydrogen-bond donors (Lipinski definition) is 0. The third kappa shape index (κ3) is 3.20. The highest BCUT2D eigenvalue weighted by Gasteiger charge is 2.28. The van der Waals surface area contributed by atoms with E-state index in [1.165, 1.54) is 0 Å². The van der Waals surface area contributed by atoms with E-state index in [4.69, 9.17) is 4.74 Å². The van der Waals surface area contributed by atoms with Crippen LogP contribution in [0.25, 0.3) is 21.8 Å². The molecule has 1 saturated heterocycles. The highest BCUT2D eigenvalue weighted by atomic mass is 16.5. The maximum atomic E-state index is 12.8. The summed E-state index contributed by atoms with van der Waals surface area (Å²) in [5, 5.41) is 2.25. The number of rotatable bonds is 4. The number of benzene rings is 2. The highest BCUT2D eigenvalue weighted by Crippen LogP contribution is 2.21. The van der Waals surface area contributed by atoms with Crippen molar-refractivity contribution in [2.45, 2.75) is 19.1 Å². The lowest BCUT2D eigenvalue weighted by Gasteiger charge is -2.18. The molecular weight excluding hydrogens is 350 g/mol. The molecule has 5 heteroatoms. The smallest absolute Gasteiger partial charge is 0.242 e. The van der Waals surface area contributed by atoms with Crippen LogP contribution in [-0.4, -0.2) is 39.6 Å². The fraction of sp³-hybridized carbons (Fsp3) is 0.217. The van der Waals surface area contributed by atoms with Crippen LogP contribution < -0.4 is 4.74 Å². The van der Waals surface area contributed by atoms with E-state index in [1.807, 2.05) is 76.3 Å². The van der Waals surface area contributed by atoms with Gasteiger partial charge in [0.15, 0.2) is 0 Å². The first-order valence-electron chi connectivity index (χ1n) is 9.60. The van der Waals surface area contributed by atoms with Crippen LogP contribution in [0.1, 0.15) is 6.42 Å². The Labute approximate surface area is 163 Å². The summed E-state index contributed by atoms with van der Waals surface area (Å²) >= 11 is 0. The molecule has 0 bridgehead atoms. The molecule has 0 radical (unpaired) electrons. The molecular formula is C23H21N3O2. The Hall–Kier alpha value is -3.34. The van der Waals surface area contributed by atoms with Gasteiger partial charge >= 0.3 is 0 Å². The first kappa shape index (κ1) is 16.8. The Morgan fingerprint density at radius 1 is 1.00 bits per heavy atom. The van der Waals surface area contributed by atoms with Crippen molar-refractivity contribution in [3.8, 4) is 5.88 Å². The molecule has 0 aliphatic carbocycles. The van der Waals surface area contributed by atoms with Gasteiger partial charge in [0.05, 0.1) is 12.1 Å². The van der Waals surface area contributed by atoms with Crippen LogP contribution >= 0.6 is 0 Å². The predicted molar refractivity (Wildman–Crippen MR) is 109 cm³/mol. The van der Waals surface area contributed by atoms with Crippen LogP contribution in [0.4, 0.5) is 0 Å². The van der Waals surface area contributed by atoms with Crippen molar-refractivity contribution >= 4 is 27.7 Å². The normalized spacial score (nSPS) is 16.7. The molecule has 1 atom stereocenters. The lowest BCUT2D eigenvalue weighted by atomic mass is 10.2. The van der Waals surface area contributed by atoms with Gasteiger partial charge in [-0.15, -0.1) is 0 Å². The van der Waals surface area contributed by atoms with E-state index in [0.717, 1.165) is 34.8 Å². The molecule has 1 fully saturated rings. The minimum atomic E-state index is -0.0148. The molecule has 1 unspecified atom stereocenters. The Balaban J connectivity index is 1.24. The Kier molecular flexibility index (Phi) is 4.20. The standard InChI is InChI=1S/C23H21N3O2/c27-23(16-25-13-11-18-6-2-4-8-21(18)25)26-14-12-19(15-26)28-22-10-9-17-5-1-3-7-20(17)24-22/h1-11,13,19H,12,14-16H2. The van der Waals surface area contributed by atoms with Crippen LogP contribution in [0.2, 0.25) is 0 Å². The first-order chi connectivity index (χ1) is 13.8. The monoisotopic (exact) mass is 371 g/mol. The van der Waals surface area contributed by atoms with E-state index in [0.29, 0.717) is 19.0 Å². The van der Waals surface area contributed by atoms with Gasteiger partial charge in [-0.05, 0) is 29.7 Å². The van der Waals surface area contributed by atoms with E-state index < -0.39 is 0 Å². The maximum Gasteiger partial charge on any atom is 0.242 e. The summed E-state index contributed by atoms with van der Waals surface area (Å²) in [5.41, 5.74) is 2.01. The van der Waals surface area contributed by atoms with Crippen molar-refractivity contribution in [1.82, 2.24) is 14.5 Å². The van der Waals surface area contributed by atoms with Crippen molar-refractivity contribution in [3.63, 3.8) is 0 Å². The van der Waals surface area contributed by atoms with E-state index in [-0.39, 0.29) is 12.0 Å². The molecule has 28 heavy (non-hydrogen) atoms. The molecule has 5 rings (SSSR count). The average Bonchev–Trinajstić information content (AvgIpc) is 3.35. The molecule has 140 valence electrons. The van der Waals surface area contributed by atoms with Crippen molar-refractivity contribution in [1.29, 1.82) is 0 Å². The van der Waals surface area contributed by atoms with Crippen LogP contribution in [0, 0.1) is 0 Å². The molecule has 1 aliphatic heterocycles. The highest BCUT2D eigenvalue weighted by molar-refractivity contribution is 5.83. The van der Waals surface area contributed by atoms with Gasteiger partial charge in [0, 0.05) is 36.1 Å². The number of carbonyl (C=O) groups excluding carboxylic acids is 1. The summed E-state index contributed by atoms with van der Waals surface area (Å²) in [4.78, 5) is 19.2. The molecule has 1 amide bonds. The fourth-order valence-corrected chi connectivity index (χ4v) is 3.86. The zero-order valence-electron chi connectivity index (χ0n) is 15.5. The second-order valence-electron chi connectivity index (χ2n) is 7.21. The number of hydrogen-bond acceptors (Lipinski definition) is 3. The van der Waals surface area contributed by atoms with Gasteiger partial charge in [0.25, 0.3) is 0 Å². The Morgan fingerprint density at radius 2 is 1.82 bits per heavy atom. The van der Waals surface area contributed by atoms with Gasteiger partial charge in [-0.25, -0.2) is 4.98 Å². The van der Waals surface area contributed by atoms with Crippen molar-refractivity contribution < 1.29 is 9.53 Å². The van der Waals surface area contributed by atoms with Crippen LogP contribution in [-0.2, 0) is 11.3 Å². The summed E-state index contributed by atoms with van der Waals surface area (Å²) in [5.74, 6) is 0.744. The third-order valence-electron chi connectivity index (χ3n) is 5.34. The minimum absolute atomic E-state index is 0.0148. The van der Waals surface area contributed by atoms with Crippen LogP contribution in [0.15, 0.2) is 72.9 Å². The molecule has 2 aromatic heterocycles. The van der Waals surface area contributed by atoms with Gasteiger partial charge in [-0.2, -0.15) is 0 Å². The third-order valence-corrected chi connectivity index (χ3v) is 5.34. The first-order valence-corrected chi connectivity index (χ1v) is 9.60. The summed E-state index contributed by atoms with van der Waals surface area (Å²) in [6.07, 6.45) is 2.79. The van der Waals surface area contributed by atoms with E-state index in [1.54, 1.807) is 0 Å². The second-order valence-corrected chi connectivity index (χ2v) is 7.21. The minimum Gasteiger partial charge on any atom is -0.472 e. The van der Waals surface area contributed by atoms with Gasteiger partial charge in [-0.1, -0.05) is 36.4 Å². The number of nitrogens with zero attached hydrogens (tertiary/aromatic N) is 3. The number of carbonyl (C=O) groups is 1. The molecule has 4 aromatic rings. The summed E-state index contributed by atoms with van der Waals surface area (Å²) in [7, 11) is 0. The molecule has 5 nitrogen and oxygen atoms in total. The van der Waals surface area contributed by atoms with E-state index in [2.05, 4.69) is 11.1 Å². The number of amides is 1. The number of pyridine rings is 1. The second kappa shape index (κ2) is 7.00. The van der Waals surface area contributed by atoms with Crippen molar-refractivity contribution in [2.24, 2.45) is 0 Å². The molecule has 0 saturated carbocycles. The number of para-hydroxylation sites is 2. The zero-order chi connectivity index (χ0) is 18.9. The topological polar surface area (TPSA) is 47.4 Å². The number of ether oxygens (including phenoxy) is 1. The zero-order valence-corrected chi connectivity index (χ0v) is 15.5. The van der Waals surface area contributed by atoms with Crippen LogP contribution in [0.5, 0.6) is 5.88 Å². The van der Waals surface area contributed by atoms with E-state index in [9.17, 15) is 4.79 Å². The maximum absolute atomic E-state index is 12.8. The molecule has 3 heterocycles. The fourth-order valence-electron chi connectivity index (χ4n) is 3.86. The van der Waals surface area contributed by atoms with Gasteiger partial charge in [0.2, 0.25) is 11.8 Å². The molecule has 0 N–H and O–H groups in total. The lowest BCUT2D eigenvalue weighted by Crippen LogP contribution is -2.33. The SMILES string of the molecule is O=C(Cn1ccc2ccccc21)N1CCC(Oc2ccc3ccccc3n2)C1. The van der Waals surface area contributed by atoms with Crippen LogP contribution in [0.3, 0.4) is 0 Å². The molecule has 2 aromatic carbocycles. The summed E-state index contributed by atoms with van der Waals surface area (Å²) in [6.45, 7) is 1.68. The van der Waals surface area contributed by atoms with Gasteiger partial charge in [-0.3, -0.25) is 4.79 Å². The summed E-state index contributed by atoms with van der Waals surface area (Å²) < 4.78 is 8.07.